The van der Waals surface area contributed by atoms with E-state index < -0.39 is 0 Å². The van der Waals surface area contributed by atoms with Gasteiger partial charge in [-0.15, -0.1) is 0 Å². The highest BCUT2D eigenvalue weighted by Gasteiger charge is 2.19. The predicted octanol–water partition coefficient (Wildman–Crippen LogP) is 2.76. The summed E-state index contributed by atoms with van der Waals surface area (Å²) in [4.78, 5) is 18.9. The first-order valence-electron chi connectivity index (χ1n) is 8.68. The summed E-state index contributed by atoms with van der Waals surface area (Å²) in [6.45, 7) is 3.00. The fourth-order valence-electron chi connectivity index (χ4n) is 3.29. The fourth-order valence-corrected chi connectivity index (χ4v) is 3.29. The molecule has 0 bridgehead atoms. The van der Waals surface area contributed by atoms with Gasteiger partial charge in [0.1, 0.15) is 0 Å². The topological polar surface area (TPSA) is 66.5 Å². The number of amides is 2. The lowest BCUT2D eigenvalue weighted by atomic mass is 10.1. The second-order valence-electron chi connectivity index (χ2n) is 6.26. The molecule has 0 unspecified atom stereocenters. The number of urea groups is 1. The largest absolute Gasteiger partial charge is 0.378 e. The zero-order chi connectivity index (χ0) is 15.9. The van der Waals surface area contributed by atoms with Gasteiger partial charge in [-0.05, 0) is 25.0 Å². The van der Waals surface area contributed by atoms with Gasteiger partial charge in [0, 0.05) is 25.3 Å². The Morgan fingerprint density at radius 1 is 1.17 bits per heavy atom. The molecule has 0 aromatic carbocycles. The number of ether oxygens (including phenoxy) is 1. The van der Waals surface area contributed by atoms with Crippen molar-refractivity contribution >= 4 is 17.5 Å². The average molecular weight is 318 g/mol. The normalized spacial score (nSPS) is 19.9. The Balaban J connectivity index is 1.61. The molecule has 1 aromatic heterocycles. The number of aromatic nitrogens is 1. The van der Waals surface area contributed by atoms with Crippen LogP contribution in [0, 0.1) is 0 Å². The smallest absolute Gasteiger partial charge is 0.319 e. The van der Waals surface area contributed by atoms with Crippen molar-refractivity contribution in [3.05, 3.63) is 18.3 Å². The summed E-state index contributed by atoms with van der Waals surface area (Å²) in [5, 5.41) is 6.10. The van der Waals surface area contributed by atoms with Crippen LogP contribution in [-0.2, 0) is 4.74 Å². The second-order valence-corrected chi connectivity index (χ2v) is 6.26. The van der Waals surface area contributed by atoms with Crippen LogP contribution in [0.3, 0.4) is 0 Å². The van der Waals surface area contributed by atoms with Gasteiger partial charge >= 0.3 is 6.03 Å². The van der Waals surface area contributed by atoms with E-state index in [4.69, 9.17) is 4.74 Å². The number of anilines is 2. The number of carbonyl (C=O) groups excluding carboxylic acids is 1. The minimum Gasteiger partial charge on any atom is -0.378 e. The van der Waals surface area contributed by atoms with E-state index in [2.05, 4.69) is 20.5 Å². The van der Waals surface area contributed by atoms with Gasteiger partial charge in [0.05, 0.1) is 18.9 Å². The van der Waals surface area contributed by atoms with Gasteiger partial charge < -0.3 is 20.3 Å². The third kappa shape index (κ3) is 4.58. The van der Waals surface area contributed by atoms with E-state index >= 15 is 0 Å². The minimum atomic E-state index is -0.126. The van der Waals surface area contributed by atoms with Crippen molar-refractivity contribution in [2.24, 2.45) is 0 Å². The van der Waals surface area contributed by atoms with Gasteiger partial charge in [-0.2, -0.15) is 0 Å². The lowest BCUT2D eigenvalue weighted by molar-refractivity contribution is 0.122. The molecule has 126 valence electrons. The third-order valence-electron chi connectivity index (χ3n) is 4.54. The predicted molar refractivity (Wildman–Crippen MR) is 90.9 cm³/mol. The molecule has 0 atom stereocenters. The van der Waals surface area contributed by atoms with Gasteiger partial charge in [0.25, 0.3) is 0 Å². The van der Waals surface area contributed by atoms with Crippen LogP contribution in [0.4, 0.5) is 16.3 Å². The monoisotopic (exact) mass is 318 g/mol. The maximum Gasteiger partial charge on any atom is 0.319 e. The number of pyridine rings is 1. The summed E-state index contributed by atoms with van der Waals surface area (Å²) in [5.41, 5.74) is 0.764. The van der Waals surface area contributed by atoms with Gasteiger partial charge in [-0.3, -0.25) is 0 Å². The van der Waals surface area contributed by atoms with Crippen molar-refractivity contribution in [3.8, 4) is 0 Å². The van der Waals surface area contributed by atoms with E-state index in [0.29, 0.717) is 19.3 Å². The number of morpholine rings is 1. The Kier molecular flexibility index (Phi) is 5.69. The summed E-state index contributed by atoms with van der Waals surface area (Å²) >= 11 is 0. The van der Waals surface area contributed by atoms with E-state index in [1.807, 2.05) is 12.1 Å². The van der Waals surface area contributed by atoms with E-state index in [-0.39, 0.29) is 6.03 Å². The highest BCUT2D eigenvalue weighted by molar-refractivity contribution is 5.92. The Morgan fingerprint density at radius 3 is 2.65 bits per heavy atom. The Morgan fingerprint density at radius 2 is 1.91 bits per heavy atom. The highest BCUT2D eigenvalue weighted by Crippen LogP contribution is 2.23. The molecule has 23 heavy (non-hydrogen) atoms. The quantitative estimate of drug-likeness (QED) is 0.841. The summed E-state index contributed by atoms with van der Waals surface area (Å²) < 4.78 is 5.39. The number of nitrogens with zero attached hydrogens (tertiary/aromatic N) is 2. The third-order valence-corrected chi connectivity index (χ3v) is 4.54. The van der Waals surface area contributed by atoms with Crippen molar-refractivity contribution < 1.29 is 9.53 Å². The first-order chi connectivity index (χ1) is 11.3. The Hall–Kier alpha value is -1.82. The Labute approximate surface area is 137 Å². The standard InChI is InChI=1S/C17H26N4O2/c22-17(19-14-6-3-1-2-4-7-14)20-15-8-5-9-18-16(15)21-10-12-23-13-11-21/h5,8-9,14H,1-4,6-7,10-13H2,(H2,19,20,22). The molecule has 1 saturated carbocycles. The molecule has 1 aliphatic heterocycles. The fraction of sp³-hybridized carbons (Fsp3) is 0.647. The number of hydrogen-bond acceptors (Lipinski definition) is 4. The molecule has 2 heterocycles. The van der Waals surface area contributed by atoms with E-state index in [9.17, 15) is 4.79 Å². The van der Waals surface area contributed by atoms with Crippen LogP contribution >= 0.6 is 0 Å². The van der Waals surface area contributed by atoms with E-state index in [0.717, 1.165) is 37.4 Å². The van der Waals surface area contributed by atoms with Crippen molar-refractivity contribution in [1.82, 2.24) is 10.3 Å². The molecule has 2 amide bonds. The molecule has 1 aliphatic carbocycles. The number of carbonyl (C=O) groups is 1. The van der Waals surface area contributed by atoms with Gasteiger partial charge in [-0.25, -0.2) is 9.78 Å². The molecular formula is C17H26N4O2. The zero-order valence-electron chi connectivity index (χ0n) is 13.6. The average Bonchev–Trinajstić information content (AvgIpc) is 2.85. The summed E-state index contributed by atoms with van der Waals surface area (Å²) in [6.07, 6.45) is 8.90. The second kappa shape index (κ2) is 8.15. The maximum absolute atomic E-state index is 12.3. The molecule has 0 radical (unpaired) electrons. The molecule has 2 fully saturated rings. The van der Waals surface area contributed by atoms with Crippen LogP contribution in [0.5, 0.6) is 0 Å². The van der Waals surface area contributed by atoms with Crippen molar-refractivity contribution in [2.75, 3.05) is 36.5 Å². The van der Waals surface area contributed by atoms with Crippen LogP contribution < -0.4 is 15.5 Å². The Bertz CT molecular complexity index is 509. The molecule has 6 heteroatoms. The van der Waals surface area contributed by atoms with Gasteiger partial charge in [0.2, 0.25) is 0 Å². The number of nitrogens with one attached hydrogen (secondary N) is 2. The minimum absolute atomic E-state index is 0.126. The first-order valence-corrected chi connectivity index (χ1v) is 8.68. The van der Waals surface area contributed by atoms with E-state index in [1.54, 1.807) is 6.20 Å². The summed E-state index contributed by atoms with van der Waals surface area (Å²) in [7, 11) is 0. The van der Waals surface area contributed by atoms with Crippen LogP contribution in [0.2, 0.25) is 0 Å². The van der Waals surface area contributed by atoms with Gasteiger partial charge in [0.15, 0.2) is 5.82 Å². The lowest BCUT2D eigenvalue weighted by Crippen LogP contribution is -2.39. The van der Waals surface area contributed by atoms with Crippen LogP contribution in [-0.4, -0.2) is 43.4 Å². The van der Waals surface area contributed by atoms with E-state index in [1.165, 1.54) is 25.7 Å². The first kappa shape index (κ1) is 16.1. The summed E-state index contributed by atoms with van der Waals surface area (Å²) in [6, 6.07) is 3.93. The molecule has 0 spiro atoms. The SMILES string of the molecule is O=C(Nc1cccnc1N1CCOCC1)NC1CCCCCC1. The number of hydrogen-bond donors (Lipinski definition) is 2. The molecule has 1 aromatic rings. The van der Waals surface area contributed by atoms with Crippen molar-refractivity contribution in [1.29, 1.82) is 0 Å². The molecule has 3 rings (SSSR count). The molecule has 2 aliphatic rings. The van der Waals surface area contributed by atoms with Crippen LogP contribution in [0.25, 0.3) is 0 Å². The maximum atomic E-state index is 12.3. The highest BCUT2D eigenvalue weighted by atomic mass is 16.5. The lowest BCUT2D eigenvalue weighted by Gasteiger charge is -2.29. The van der Waals surface area contributed by atoms with Crippen LogP contribution in [0.1, 0.15) is 38.5 Å². The van der Waals surface area contributed by atoms with Crippen molar-refractivity contribution in [2.45, 2.75) is 44.6 Å². The van der Waals surface area contributed by atoms with Crippen LogP contribution in [0.15, 0.2) is 18.3 Å². The van der Waals surface area contributed by atoms with Gasteiger partial charge in [-0.1, -0.05) is 25.7 Å². The number of rotatable bonds is 3. The summed E-state index contributed by atoms with van der Waals surface area (Å²) in [5.74, 6) is 0.826. The molecular weight excluding hydrogens is 292 g/mol. The molecule has 2 N–H and O–H groups in total. The molecule has 6 nitrogen and oxygen atoms in total. The molecule has 1 saturated heterocycles. The van der Waals surface area contributed by atoms with Crippen molar-refractivity contribution in [3.63, 3.8) is 0 Å². The zero-order valence-corrected chi connectivity index (χ0v) is 13.6.